The van der Waals surface area contributed by atoms with Crippen molar-refractivity contribution < 1.29 is 32.9 Å². The van der Waals surface area contributed by atoms with Gasteiger partial charge < -0.3 is 19.8 Å². The van der Waals surface area contributed by atoms with E-state index in [4.69, 9.17) is 9.05 Å². The Morgan fingerprint density at radius 3 is 1.31 bits per heavy atom. The maximum absolute atomic E-state index is 13.0. The van der Waals surface area contributed by atoms with Crippen LogP contribution in [0.5, 0.6) is 0 Å². The van der Waals surface area contributed by atoms with Crippen molar-refractivity contribution in [2.75, 3.05) is 40.9 Å². The maximum Gasteiger partial charge on any atom is 0.472 e. The number of rotatable bonds is 52. The van der Waals surface area contributed by atoms with Crippen molar-refractivity contribution in [2.45, 2.75) is 276 Å². The molecule has 3 atom stereocenters. The minimum Gasteiger partial charge on any atom is -0.391 e. The lowest BCUT2D eigenvalue weighted by atomic mass is 10.0. The Bertz CT molecular complexity index is 1230. The maximum atomic E-state index is 13.0. The molecular formula is C58H112N2O6P+. The number of aliphatic hydroxyl groups excluding tert-OH is 1. The topological polar surface area (TPSA) is 105 Å². The number of quaternary nitrogens is 1. The van der Waals surface area contributed by atoms with Crippen LogP contribution in [0.3, 0.4) is 0 Å². The van der Waals surface area contributed by atoms with Crippen LogP contribution in [0.15, 0.2) is 48.6 Å². The van der Waals surface area contributed by atoms with Gasteiger partial charge in [-0.25, -0.2) is 4.57 Å². The summed E-state index contributed by atoms with van der Waals surface area (Å²) in [6.45, 7) is 4.78. The highest BCUT2D eigenvalue weighted by atomic mass is 31.2. The number of unbranched alkanes of at least 4 members (excludes halogenated alkanes) is 31. The molecular weight excluding hydrogens is 852 g/mol. The number of likely N-dealkylation sites (N-methyl/N-ethyl adjacent to an activating group) is 1. The van der Waals surface area contributed by atoms with Gasteiger partial charge in [-0.1, -0.05) is 255 Å². The molecule has 0 saturated heterocycles. The van der Waals surface area contributed by atoms with Gasteiger partial charge in [-0.05, 0) is 51.4 Å². The molecule has 0 heterocycles. The molecule has 0 rings (SSSR count). The van der Waals surface area contributed by atoms with E-state index in [9.17, 15) is 19.4 Å². The Labute approximate surface area is 416 Å². The van der Waals surface area contributed by atoms with Gasteiger partial charge in [-0.3, -0.25) is 13.8 Å². The minimum atomic E-state index is -4.33. The summed E-state index contributed by atoms with van der Waals surface area (Å²) < 4.78 is 23.8. The first kappa shape index (κ1) is 65.5. The lowest BCUT2D eigenvalue weighted by Crippen LogP contribution is -2.46. The van der Waals surface area contributed by atoms with Crippen molar-refractivity contribution in [3.8, 4) is 0 Å². The van der Waals surface area contributed by atoms with Crippen LogP contribution >= 0.6 is 7.82 Å². The number of hydrogen-bond acceptors (Lipinski definition) is 5. The summed E-state index contributed by atoms with van der Waals surface area (Å²) in [7, 11) is 1.60. The summed E-state index contributed by atoms with van der Waals surface area (Å²) in [6, 6.07) is -0.776. The minimum absolute atomic E-state index is 0.0682. The Morgan fingerprint density at radius 1 is 0.522 bits per heavy atom. The van der Waals surface area contributed by atoms with Crippen LogP contribution in [0, 0.1) is 0 Å². The SMILES string of the molecule is CC/C=C\C/C=C\C/C=C\C/C=C\CCCCCCC(=O)NC(COP(=O)(O)OCC[N+](C)(C)C)C(O)CCCCCCCCCCCCCCCCCCCCCCCCCCCCCC. The second-order valence-corrected chi connectivity index (χ2v) is 22.1. The van der Waals surface area contributed by atoms with E-state index in [-0.39, 0.29) is 19.1 Å². The second-order valence-electron chi connectivity index (χ2n) is 20.6. The fraction of sp³-hybridized carbons (Fsp3) is 0.845. The third kappa shape index (κ3) is 52.1. The number of carbonyl (C=O) groups is 1. The van der Waals surface area contributed by atoms with Gasteiger partial charge >= 0.3 is 7.82 Å². The number of amides is 1. The van der Waals surface area contributed by atoms with Crippen molar-refractivity contribution in [1.29, 1.82) is 0 Å². The van der Waals surface area contributed by atoms with Crippen molar-refractivity contribution in [1.82, 2.24) is 5.32 Å². The van der Waals surface area contributed by atoms with Gasteiger partial charge in [0, 0.05) is 6.42 Å². The standard InChI is InChI=1S/C58H111N2O6P/c1-6-8-10-12-14-16-18-20-22-24-25-26-27-28-29-30-31-32-33-34-36-37-39-41-43-45-47-49-51-57(61)56(55-66-67(63,64)65-54-53-60(3,4)5)59-58(62)52-50-48-46-44-42-40-38-35-23-21-19-17-15-13-11-9-7-2/h9,11,15,17,21,23,38,40,56-57,61H,6-8,10,12-14,16,18-20,22,24-37,39,41-55H2,1-5H3,(H-,59,62,63,64)/p+1/b11-9-,17-15-,23-21-,40-38-. The zero-order valence-electron chi connectivity index (χ0n) is 44.9. The molecule has 394 valence electrons. The summed E-state index contributed by atoms with van der Waals surface area (Å²) >= 11 is 0. The Hall–Kier alpha value is -1.54. The summed E-state index contributed by atoms with van der Waals surface area (Å²) in [6.07, 6.45) is 64.6. The van der Waals surface area contributed by atoms with E-state index in [0.29, 0.717) is 23.9 Å². The van der Waals surface area contributed by atoms with Crippen LogP contribution in [-0.2, 0) is 18.4 Å². The fourth-order valence-corrected chi connectivity index (χ4v) is 9.13. The van der Waals surface area contributed by atoms with Crippen molar-refractivity contribution >= 4 is 13.7 Å². The van der Waals surface area contributed by atoms with E-state index in [2.05, 4.69) is 67.8 Å². The molecule has 0 aromatic heterocycles. The van der Waals surface area contributed by atoms with Gasteiger partial charge in [-0.2, -0.15) is 0 Å². The van der Waals surface area contributed by atoms with Gasteiger partial charge in [0.15, 0.2) is 0 Å². The third-order valence-corrected chi connectivity index (χ3v) is 13.8. The molecule has 0 spiro atoms. The number of nitrogens with zero attached hydrogens (tertiary/aromatic N) is 1. The van der Waals surface area contributed by atoms with Gasteiger partial charge in [0.05, 0.1) is 39.9 Å². The third-order valence-electron chi connectivity index (χ3n) is 12.8. The summed E-state index contributed by atoms with van der Waals surface area (Å²) in [5.41, 5.74) is 0. The Balaban J connectivity index is 4.14. The first-order chi connectivity index (χ1) is 32.5. The zero-order valence-corrected chi connectivity index (χ0v) is 45.8. The van der Waals surface area contributed by atoms with E-state index >= 15 is 0 Å². The first-order valence-corrected chi connectivity index (χ1v) is 30.0. The van der Waals surface area contributed by atoms with Crippen LogP contribution < -0.4 is 5.32 Å². The highest BCUT2D eigenvalue weighted by Gasteiger charge is 2.28. The molecule has 8 nitrogen and oxygen atoms in total. The van der Waals surface area contributed by atoms with Crippen molar-refractivity contribution in [2.24, 2.45) is 0 Å². The predicted octanol–water partition coefficient (Wildman–Crippen LogP) is 17.2. The molecule has 0 aliphatic rings. The van der Waals surface area contributed by atoms with Crippen LogP contribution in [-0.4, -0.2) is 73.4 Å². The molecule has 0 bridgehead atoms. The summed E-state index contributed by atoms with van der Waals surface area (Å²) in [5.74, 6) is -0.166. The molecule has 3 unspecified atom stereocenters. The van der Waals surface area contributed by atoms with E-state index in [1.54, 1.807) is 0 Å². The van der Waals surface area contributed by atoms with Gasteiger partial charge in [-0.15, -0.1) is 0 Å². The zero-order chi connectivity index (χ0) is 49.2. The number of hydrogen-bond donors (Lipinski definition) is 3. The molecule has 3 N–H and O–H groups in total. The first-order valence-electron chi connectivity index (χ1n) is 28.5. The molecule has 0 aliphatic heterocycles. The largest absolute Gasteiger partial charge is 0.472 e. The molecule has 0 aliphatic carbocycles. The normalized spacial score (nSPS) is 14.3. The second kappa shape index (κ2) is 49.4. The predicted molar refractivity (Wildman–Crippen MR) is 291 cm³/mol. The number of phosphoric ester groups is 1. The quantitative estimate of drug-likeness (QED) is 0.0243. The van der Waals surface area contributed by atoms with Crippen molar-refractivity contribution in [3.63, 3.8) is 0 Å². The van der Waals surface area contributed by atoms with Crippen molar-refractivity contribution in [3.05, 3.63) is 48.6 Å². The molecule has 0 aromatic rings. The Kier molecular flexibility index (Phi) is 48.3. The highest BCUT2D eigenvalue weighted by molar-refractivity contribution is 7.47. The molecule has 0 fully saturated rings. The van der Waals surface area contributed by atoms with E-state index in [0.717, 1.165) is 77.0 Å². The van der Waals surface area contributed by atoms with E-state index < -0.39 is 20.0 Å². The molecule has 67 heavy (non-hydrogen) atoms. The van der Waals surface area contributed by atoms with Crippen LogP contribution in [0.4, 0.5) is 0 Å². The van der Waals surface area contributed by atoms with Gasteiger partial charge in [0.1, 0.15) is 13.2 Å². The van der Waals surface area contributed by atoms with Gasteiger partial charge in [0.25, 0.3) is 0 Å². The molecule has 0 aromatic carbocycles. The lowest BCUT2D eigenvalue weighted by molar-refractivity contribution is -0.870. The van der Waals surface area contributed by atoms with Gasteiger partial charge in [0.2, 0.25) is 5.91 Å². The summed E-state index contributed by atoms with van der Waals surface area (Å²) in [4.78, 5) is 23.3. The highest BCUT2D eigenvalue weighted by Crippen LogP contribution is 2.43. The number of nitrogens with one attached hydrogen (secondary N) is 1. The fourth-order valence-electron chi connectivity index (χ4n) is 8.39. The van der Waals surface area contributed by atoms with E-state index in [1.165, 1.54) is 161 Å². The number of allylic oxidation sites excluding steroid dienone is 8. The smallest absolute Gasteiger partial charge is 0.391 e. The molecule has 9 heteroatoms. The molecule has 0 saturated carbocycles. The van der Waals surface area contributed by atoms with E-state index in [1.807, 2.05) is 21.1 Å². The number of aliphatic hydroxyl groups is 1. The monoisotopic (exact) mass is 964 g/mol. The molecule has 1 amide bonds. The average Bonchev–Trinajstić information content (AvgIpc) is 3.29. The van der Waals surface area contributed by atoms with Crippen LogP contribution in [0.2, 0.25) is 0 Å². The number of carbonyl (C=O) groups excluding carboxylic acids is 1. The number of phosphoric acid groups is 1. The molecule has 0 radical (unpaired) electrons. The average molecular weight is 965 g/mol. The Morgan fingerprint density at radius 2 is 0.896 bits per heavy atom. The lowest BCUT2D eigenvalue weighted by Gasteiger charge is -2.26. The summed E-state index contributed by atoms with van der Waals surface area (Å²) in [5, 5.41) is 14.0. The van der Waals surface area contributed by atoms with Crippen LogP contribution in [0.1, 0.15) is 264 Å². The van der Waals surface area contributed by atoms with Crippen LogP contribution in [0.25, 0.3) is 0 Å².